The predicted molar refractivity (Wildman–Crippen MR) is 131 cm³/mol. The standard InChI is InChI=1S/C28H28N2O2/c1-21-3-11-26(12-4-21)30-18-24-7-5-22(6-8-24)15-25-16-28(32-20-25)19-29-17-23-9-13-27(31-2)14-10-23/h3-13,16-18,20,27H,14-15,19H2,1-2H3/b29-17+,30-18+. The number of benzene rings is 2. The molecule has 0 amide bonds. The van der Waals surface area contributed by atoms with Crippen LogP contribution in [0.2, 0.25) is 0 Å². The highest BCUT2D eigenvalue weighted by Crippen LogP contribution is 2.17. The lowest BCUT2D eigenvalue weighted by atomic mass is 10.1. The van der Waals surface area contributed by atoms with Crippen molar-refractivity contribution < 1.29 is 9.15 Å². The van der Waals surface area contributed by atoms with E-state index in [1.807, 2.05) is 36.9 Å². The van der Waals surface area contributed by atoms with Crippen molar-refractivity contribution in [1.29, 1.82) is 0 Å². The van der Waals surface area contributed by atoms with E-state index in [2.05, 4.69) is 71.5 Å². The van der Waals surface area contributed by atoms with Crippen LogP contribution in [-0.2, 0) is 17.7 Å². The second kappa shape index (κ2) is 10.7. The third-order valence-corrected chi connectivity index (χ3v) is 5.37. The van der Waals surface area contributed by atoms with Crippen LogP contribution in [0.3, 0.4) is 0 Å². The molecule has 0 radical (unpaired) electrons. The number of rotatable bonds is 8. The Balaban J connectivity index is 1.28. The highest BCUT2D eigenvalue weighted by molar-refractivity contribution is 5.83. The summed E-state index contributed by atoms with van der Waals surface area (Å²) in [7, 11) is 1.73. The van der Waals surface area contributed by atoms with Gasteiger partial charge in [-0.15, -0.1) is 0 Å². The van der Waals surface area contributed by atoms with Crippen molar-refractivity contribution >= 4 is 18.1 Å². The van der Waals surface area contributed by atoms with E-state index in [9.17, 15) is 0 Å². The molecule has 0 aliphatic heterocycles. The van der Waals surface area contributed by atoms with E-state index in [1.54, 1.807) is 7.11 Å². The van der Waals surface area contributed by atoms with Crippen LogP contribution in [0.1, 0.15) is 34.4 Å². The molecule has 162 valence electrons. The molecular weight excluding hydrogens is 396 g/mol. The zero-order valence-corrected chi connectivity index (χ0v) is 18.6. The Morgan fingerprint density at radius 3 is 2.56 bits per heavy atom. The molecule has 1 aliphatic carbocycles. The Labute approximate surface area is 189 Å². The summed E-state index contributed by atoms with van der Waals surface area (Å²) in [4.78, 5) is 9.04. The Morgan fingerprint density at radius 2 is 1.84 bits per heavy atom. The molecule has 4 nitrogen and oxygen atoms in total. The SMILES string of the molecule is COC1C=CC(/C=N/Cc2cc(Cc3ccc(/C=N/c4ccc(C)cc4)cc3)co2)=CC1. The monoisotopic (exact) mass is 424 g/mol. The fourth-order valence-electron chi connectivity index (χ4n) is 3.47. The van der Waals surface area contributed by atoms with Gasteiger partial charge in [0.25, 0.3) is 0 Å². The number of furan rings is 1. The maximum absolute atomic E-state index is 5.69. The highest BCUT2D eigenvalue weighted by atomic mass is 16.5. The Bertz CT molecular complexity index is 1130. The minimum absolute atomic E-state index is 0.175. The van der Waals surface area contributed by atoms with E-state index in [-0.39, 0.29) is 6.10 Å². The Hall–Kier alpha value is -3.50. The number of aryl methyl sites for hydroxylation is 1. The minimum atomic E-state index is 0.175. The number of ether oxygens (including phenoxy) is 1. The van der Waals surface area contributed by atoms with Crippen molar-refractivity contribution in [2.75, 3.05) is 7.11 Å². The van der Waals surface area contributed by atoms with E-state index in [0.29, 0.717) is 6.54 Å². The fraction of sp³-hybridized carbons (Fsp3) is 0.214. The van der Waals surface area contributed by atoms with Crippen LogP contribution < -0.4 is 0 Å². The molecule has 3 aromatic rings. The molecule has 0 spiro atoms. The predicted octanol–water partition coefficient (Wildman–Crippen LogP) is 6.40. The Kier molecular flexibility index (Phi) is 7.26. The number of methoxy groups -OCH3 is 1. The Morgan fingerprint density at radius 1 is 1.03 bits per heavy atom. The summed E-state index contributed by atoms with van der Waals surface area (Å²) in [6.45, 7) is 2.61. The van der Waals surface area contributed by atoms with E-state index >= 15 is 0 Å². The van der Waals surface area contributed by atoms with E-state index in [0.717, 1.165) is 41.0 Å². The highest BCUT2D eigenvalue weighted by Gasteiger charge is 2.06. The number of allylic oxidation sites excluding steroid dienone is 2. The van der Waals surface area contributed by atoms with Gasteiger partial charge in [0.2, 0.25) is 0 Å². The topological polar surface area (TPSA) is 47.1 Å². The molecule has 4 rings (SSSR count). The molecule has 0 N–H and O–H groups in total. The molecule has 4 heteroatoms. The maximum atomic E-state index is 5.69. The number of hydrogen-bond donors (Lipinski definition) is 0. The van der Waals surface area contributed by atoms with E-state index in [4.69, 9.17) is 9.15 Å². The third kappa shape index (κ3) is 6.25. The van der Waals surface area contributed by atoms with Crippen LogP contribution in [0.5, 0.6) is 0 Å². The lowest BCUT2D eigenvalue weighted by Gasteiger charge is -2.12. The van der Waals surface area contributed by atoms with Crippen LogP contribution in [0.15, 0.2) is 99.1 Å². The van der Waals surface area contributed by atoms with Crippen molar-refractivity contribution in [2.24, 2.45) is 9.98 Å². The van der Waals surface area contributed by atoms with Crippen LogP contribution in [0.4, 0.5) is 5.69 Å². The van der Waals surface area contributed by atoms with Crippen LogP contribution in [0.25, 0.3) is 0 Å². The molecule has 0 saturated heterocycles. The molecule has 1 aromatic heterocycles. The first kappa shape index (κ1) is 21.7. The normalized spacial score (nSPS) is 16.2. The summed E-state index contributed by atoms with van der Waals surface area (Å²) >= 11 is 0. The largest absolute Gasteiger partial charge is 0.467 e. The second-order valence-electron chi connectivity index (χ2n) is 7.98. The van der Waals surface area contributed by atoms with Gasteiger partial charge in [-0.05, 0) is 53.8 Å². The van der Waals surface area contributed by atoms with Gasteiger partial charge in [0.05, 0.1) is 24.6 Å². The van der Waals surface area contributed by atoms with Crippen LogP contribution >= 0.6 is 0 Å². The number of nitrogens with zero attached hydrogens (tertiary/aromatic N) is 2. The first-order chi connectivity index (χ1) is 15.7. The summed E-state index contributed by atoms with van der Waals surface area (Å²) < 4.78 is 11.0. The van der Waals surface area contributed by atoms with Gasteiger partial charge in [0.1, 0.15) is 5.76 Å². The molecule has 1 unspecified atom stereocenters. The lowest BCUT2D eigenvalue weighted by Crippen LogP contribution is -2.08. The van der Waals surface area contributed by atoms with Crippen molar-refractivity contribution in [3.63, 3.8) is 0 Å². The second-order valence-corrected chi connectivity index (χ2v) is 7.98. The van der Waals surface area contributed by atoms with Gasteiger partial charge in [-0.2, -0.15) is 0 Å². The third-order valence-electron chi connectivity index (χ3n) is 5.37. The van der Waals surface area contributed by atoms with Crippen molar-refractivity contribution in [2.45, 2.75) is 32.4 Å². The van der Waals surface area contributed by atoms with Gasteiger partial charge in [-0.1, -0.05) is 60.2 Å². The van der Waals surface area contributed by atoms with E-state index in [1.165, 1.54) is 11.1 Å². The number of hydrogen-bond acceptors (Lipinski definition) is 4. The van der Waals surface area contributed by atoms with Gasteiger partial charge in [-0.3, -0.25) is 9.98 Å². The van der Waals surface area contributed by atoms with Gasteiger partial charge < -0.3 is 9.15 Å². The summed E-state index contributed by atoms with van der Waals surface area (Å²) in [5.74, 6) is 0.869. The van der Waals surface area contributed by atoms with Crippen LogP contribution in [0, 0.1) is 6.92 Å². The van der Waals surface area contributed by atoms with Gasteiger partial charge in [-0.25, -0.2) is 0 Å². The van der Waals surface area contributed by atoms with Crippen molar-refractivity contribution in [3.05, 3.63) is 113 Å². The quantitative estimate of drug-likeness (QED) is 0.393. The first-order valence-corrected chi connectivity index (χ1v) is 10.8. The lowest BCUT2D eigenvalue weighted by molar-refractivity contribution is 0.142. The first-order valence-electron chi connectivity index (χ1n) is 10.8. The molecule has 0 saturated carbocycles. The molecule has 0 fully saturated rings. The molecule has 32 heavy (non-hydrogen) atoms. The zero-order valence-electron chi connectivity index (χ0n) is 18.6. The van der Waals surface area contributed by atoms with Crippen molar-refractivity contribution in [1.82, 2.24) is 0 Å². The summed E-state index contributed by atoms with van der Waals surface area (Å²) in [5.41, 5.74) is 6.77. The average Bonchev–Trinajstić information content (AvgIpc) is 3.27. The van der Waals surface area contributed by atoms with Crippen molar-refractivity contribution in [3.8, 4) is 0 Å². The molecule has 0 bridgehead atoms. The fourth-order valence-corrected chi connectivity index (χ4v) is 3.47. The maximum Gasteiger partial charge on any atom is 0.125 e. The van der Waals surface area contributed by atoms with Gasteiger partial charge >= 0.3 is 0 Å². The van der Waals surface area contributed by atoms with Gasteiger partial charge in [0.15, 0.2) is 0 Å². The molecular formula is C28H28N2O2. The summed E-state index contributed by atoms with van der Waals surface area (Å²) in [5, 5.41) is 0. The van der Waals surface area contributed by atoms with Crippen LogP contribution in [-0.4, -0.2) is 25.6 Å². The molecule has 1 aliphatic rings. The average molecular weight is 425 g/mol. The molecule has 2 aromatic carbocycles. The molecule has 1 heterocycles. The summed E-state index contributed by atoms with van der Waals surface area (Å²) in [6.07, 6.45) is 13.7. The summed E-state index contributed by atoms with van der Waals surface area (Å²) in [6, 6.07) is 18.7. The van der Waals surface area contributed by atoms with E-state index < -0.39 is 0 Å². The van der Waals surface area contributed by atoms with Gasteiger partial charge in [0, 0.05) is 26.0 Å². The smallest absolute Gasteiger partial charge is 0.125 e. The zero-order chi connectivity index (χ0) is 22.2. The minimum Gasteiger partial charge on any atom is -0.467 e. The molecule has 1 atom stereocenters. The number of aliphatic imine (C=N–C) groups is 2.